The van der Waals surface area contributed by atoms with E-state index >= 15 is 0 Å². The number of methoxy groups -OCH3 is 1. The van der Waals surface area contributed by atoms with Crippen LogP contribution in [0, 0.1) is 6.92 Å². The molecule has 0 aliphatic carbocycles. The first kappa shape index (κ1) is 13.9. The van der Waals surface area contributed by atoms with Gasteiger partial charge in [0.1, 0.15) is 11.5 Å². The molecule has 0 saturated carbocycles. The summed E-state index contributed by atoms with van der Waals surface area (Å²) in [6, 6.07) is 3.77. The van der Waals surface area contributed by atoms with E-state index in [2.05, 4.69) is 9.97 Å². The number of imidazole rings is 1. The second-order valence-corrected chi connectivity index (χ2v) is 5.46. The molecule has 1 aliphatic heterocycles. The van der Waals surface area contributed by atoms with E-state index < -0.39 is 0 Å². The van der Waals surface area contributed by atoms with Gasteiger partial charge < -0.3 is 19.2 Å². The smallest absolute Gasteiger partial charge is 0.271 e. The van der Waals surface area contributed by atoms with Crippen LogP contribution in [0.4, 0.5) is 0 Å². The second-order valence-electron chi connectivity index (χ2n) is 5.46. The molecule has 0 aromatic carbocycles. The third-order valence-corrected chi connectivity index (χ3v) is 4.28. The van der Waals surface area contributed by atoms with Crippen LogP contribution in [0.5, 0.6) is 0 Å². The van der Waals surface area contributed by atoms with Crippen molar-refractivity contribution in [1.29, 1.82) is 0 Å². The monoisotopic (exact) mass is 288 g/mol. The minimum atomic E-state index is -0.0624. The molecular formula is C15H20N4O2. The minimum absolute atomic E-state index is 0.0200. The number of hydrogen-bond acceptors (Lipinski definition) is 3. The topological polar surface area (TPSA) is 63.1 Å². The Balaban J connectivity index is 1.91. The quantitative estimate of drug-likeness (QED) is 0.934. The number of H-pyrrole nitrogens is 1. The maximum Gasteiger partial charge on any atom is 0.271 e. The van der Waals surface area contributed by atoms with Gasteiger partial charge in [-0.05, 0) is 19.1 Å². The first-order chi connectivity index (χ1) is 10.1. The fourth-order valence-corrected chi connectivity index (χ4v) is 2.89. The number of aromatic amines is 1. The number of amides is 1. The van der Waals surface area contributed by atoms with Crippen molar-refractivity contribution in [2.24, 2.45) is 7.05 Å². The number of carbonyl (C=O) groups is 1. The highest BCUT2D eigenvalue weighted by Gasteiger charge is 2.38. The number of aryl methyl sites for hydroxylation is 1. The maximum atomic E-state index is 12.9. The third kappa shape index (κ3) is 2.35. The lowest BCUT2D eigenvalue weighted by Crippen LogP contribution is -2.33. The molecule has 1 fully saturated rings. The Bertz CT molecular complexity index is 632. The van der Waals surface area contributed by atoms with Gasteiger partial charge in [-0.15, -0.1) is 0 Å². The van der Waals surface area contributed by atoms with Gasteiger partial charge in [0.05, 0.1) is 12.1 Å². The summed E-state index contributed by atoms with van der Waals surface area (Å²) in [5.41, 5.74) is 1.76. The summed E-state index contributed by atoms with van der Waals surface area (Å²) < 4.78 is 7.37. The predicted molar refractivity (Wildman–Crippen MR) is 77.9 cm³/mol. The average Bonchev–Trinajstić information content (AvgIpc) is 3.19. The molecule has 1 unspecified atom stereocenters. The van der Waals surface area contributed by atoms with Crippen molar-refractivity contribution in [1.82, 2.24) is 19.4 Å². The van der Waals surface area contributed by atoms with Crippen molar-refractivity contribution in [3.8, 4) is 0 Å². The van der Waals surface area contributed by atoms with Gasteiger partial charge in [-0.2, -0.15) is 0 Å². The van der Waals surface area contributed by atoms with Crippen LogP contribution in [0.3, 0.4) is 0 Å². The Kier molecular flexibility index (Phi) is 3.55. The normalized spacial score (nSPS) is 22.0. The fraction of sp³-hybridized carbons (Fsp3) is 0.467. The van der Waals surface area contributed by atoms with E-state index in [-0.39, 0.29) is 18.1 Å². The first-order valence-electron chi connectivity index (χ1n) is 7.07. The zero-order valence-electron chi connectivity index (χ0n) is 12.5. The summed E-state index contributed by atoms with van der Waals surface area (Å²) in [5.74, 6) is 0.834. The summed E-state index contributed by atoms with van der Waals surface area (Å²) in [5, 5.41) is 0. The number of carbonyl (C=O) groups excluding carboxylic acids is 1. The molecule has 112 valence electrons. The van der Waals surface area contributed by atoms with E-state index in [1.165, 1.54) is 0 Å². The second kappa shape index (κ2) is 5.37. The standard InChI is InChI=1S/C15H20N4O2/c1-10-4-5-12(18(10)2)15(20)19-9-11(21-3)8-13(19)14-16-6-7-17-14/h4-7,11,13H,8-9H2,1-3H3,(H,16,17)/t11-,13?/m1/s1. The van der Waals surface area contributed by atoms with Gasteiger partial charge in [0.25, 0.3) is 5.91 Å². The van der Waals surface area contributed by atoms with E-state index in [4.69, 9.17) is 4.74 Å². The van der Waals surface area contributed by atoms with Gasteiger partial charge in [0, 0.05) is 45.2 Å². The summed E-state index contributed by atoms with van der Waals surface area (Å²) in [6.45, 7) is 2.58. The van der Waals surface area contributed by atoms with E-state index in [0.29, 0.717) is 12.2 Å². The SMILES string of the molecule is CO[C@@H]1CC(c2ncc[nH]2)N(C(=O)c2ccc(C)n2C)C1. The number of ether oxygens (including phenoxy) is 1. The molecule has 2 aromatic rings. The Hall–Kier alpha value is -2.08. The zero-order chi connectivity index (χ0) is 15.0. The van der Waals surface area contributed by atoms with E-state index in [9.17, 15) is 4.79 Å². The Morgan fingerprint density at radius 3 is 2.86 bits per heavy atom. The van der Waals surface area contributed by atoms with Gasteiger partial charge in [-0.3, -0.25) is 4.79 Å². The summed E-state index contributed by atoms with van der Waals surface area (Å²) in [7, 11) is 3.60. The van der Waals surface area contributed by atoms with E-state index in [1.807, 2.05) is 35.6 Å². The molecule has 0 bridgehead atoms. The van der Waals surface area contributed by atoms with Crippen LogP contribution in [-0.2, 0) is 11.8 Å². The van der Waals surface area contributed by atoms with E-state index in [0.717, 1.165) is 17.9 Å². The summed E-state index contributed by atoms with van der Waals surface area (Å²) >= 11 is 0. The molecule has 1 N–H and O–H groups in total. The summed E-state index contributed by atoms with van der Waals surface area (Å²) in [6.07, 6.45) is 4.31. The van der Waals surface area contributed by atoms with Crippen molar-refractivity contribution in [2.75, 3.05) is 13.7 Å². The third-order valence-electron chi connectivity index (χ3n) is 4.28. The average molecular weight is 288 g/mol. The van der Waals surface area contributed by atoms with Crippen LogP contribution in [0.2, 0.25) is 0 Å². The predicted octanol–water partition coefficient (Wildman–Crippen LogP) is 1.66. The lowest BCUT2D eigenvalue weighted by atomic mass is 10.2. The van der Waals surface area contributed by atoms with Crippen molar-refractivity contribution < 1.29 is 9.53 Å². The van der Waals surface area contributed by atoms with Crippen molar-refractivity contribution in [3.63, 3.8) is 0 Å². The Morgan fingerprint density at radius 1 is 1.48 bits per heavy atom. The van der Waals surface area contributed by atoms with Crippen LogP contribution >= 0.6 is 0 Å². The lowest BCUT2D eigenvalue weighted by molar-refractivity contribution is 0.0675. The molecule has 0 spiro atoms. The van der Waals surface area contributed by atoms with Crippen LogP contribution in [0.1, 0.15) is 34.5 Å². The largest absolute Gasteiger partial charge is 0.380 e. The highest BCUT2D eigenvalue weighted by molar-refractivity contribution is 5.93. The van der Waals surface area contributed by atoms with Crippen LogP contribution in [0.15, 0.2) is 24.5 Å². The fourth-order valence-electron chi connectivity index (χ4n) is 2.89. The molecule has 3 rings (SSSR count). The molecule has 2 atom stereocenters. The zero-order valence-corrected chi connectivity index (χ0v) is 12.5. The number of rotatable bonds is 3. The van der Waals surface area contributed by atoms with E-state index in [1.54, 1.807) is 19.5 Å². The van der Waals surface area contributed by atoms with Crippen LogP contribution in [0.25, 0.3) is 0 Å². The highest BCUT2D eigenvalue weighted by atomic mass is 16.5. The summed E-state index contributed by atoms with van der Waals surface area (Å²) in [4.78, 5) is 22.1. The minimum Gasteiger partial charge on any atom is -0.380 e. The molecule has 1 amide bonds. The Labute approximate surface area is 123 Å². The van der Waals surface area contributed by atoms with Crippen molar-refractivity contribution in [2.45, 2.75) is 25.5 Å². The molecule has 1 saturated heterocycles. The maximum absolute atomic E-state index is 12.9. The molecule has 0 radical (unpaired) electrons. The van der Waals surface area contributed by atoms with Gasteiger partial charge in [-0.1, -0.05) is 0 Å². The Morgan fingerprint density at radius 2 is 2.29 bits per heavy atom. The molecule has 2 aromatic heterocycles. The molecular weight excluding hydrogens is 268 g/mol. The van der Waals surface area contributed by atoms with Crippen LogP contribution < -0.4 is 0 Å². The number of nitrogens with zero attached hydrogens (tertiary/aromatic N) is 3. The van der Waals surface area contributed by atoms with Gasteiger partial charge >= 0.3 is 0 Å². The number of aromatic nitrogens is 3. The first-order valence-corrected chi connectivity index (χ1v) is 7.07. The van der Waals surface area contributed by atoms with Gasteiger partial charge in [0.15, 0.2) is 0 Å². The van der Waals surface area contributed by atoms with Crippen LogP contribution in [-0.4, -0.2) is 45.1 Å². The van der Waals surface area contributed by atoms with Crippen molar-refractivity contribution in [3.05, 3.63) is 41.7 Å². The van der Waals surface area contributed by atoms with Gasteiger partial charge in [-0.25, -0.2) is 4.98 Å². The number of nitrogens with one attached hydrogen (secondary N) is 1. The molecule has 6 heteroatoms. The molecule has 21 heavy (non-hydrogen) atoms. The van der Waals surface area contributed by atoms with Crippen molar-refractivity contribution >= 4 is 5.91 Å². The molecule has 1 aliphatic rings. The lowest BCUT2D eigenvalue weighted by Gasteiger charge is -2.23. The highest BCUT2D eigenvalue weighted by Crippen LogP contribution is 2.32. The molecule has 3 heterocycles. The molecule has 6 nitrogen and oxygen atoms in total. The number of hydrogen-bond donors (Lipinski definition) is 1. The number of likely N-dealkylation sites (tertiary alicyclic amines) is 1. The van der Waals surface area contributed by atoms with Gasteiger partial charge in [0.2, 0.25) is 0 Å².